The van der Waals surface area contributed by atoms with Crippen LogP contribution in [-0.2, 0) is 0 Å². The average molecular weight is 270 g/mol. The maximum atomic E-state index is 11.7. The predicted octanol–water partition coefficient (Wildman–Crippen LogP) is -0.599. The van der Waals surface area contributed by atoms with Crippen LogP contribution in [0.1, 0.15) is 19.5 Å². The number of H-pyrrole nitrogens is 1. The fraction of sp³-hybridized carbons (Fsp3) is 0.750. The standard InChI is InChI=1S/C12H22N4O3/c1-2-10(16-11(18)9-13-12(16)19)15-5-3-14(4-6-15)7-8-17/h9-10,17-18H,2-8H2,1H3,(H,13,19). The van der Waals surface area contributed by atoms with Crippen LogP contribution in [-0.4, -0.2) is 68.9 Å². The molecule has 19 heavy (non-hydrogen) atoms. The van der Waals surface area contributed by atoms with Crippen LogP contribution in [0.4, 0.5) is 0 Å². The van der Waals surface area contributed by atoms with Crippen molar-refractivity contribution in [2.45, 2.75) is 19.5 Å². The van der Waals surface area contributed by atoms with Gasteiger partial charge in [-0.1, -0.05) is 6.92 Å². The maximum Gasteiger partial charge on any atom is 0.329 e. The minimum absolute atomic E-state index is 0.0189. The van der Waals surface area contributed by atoms with E-state index < -0.39 is 0 Å². The van der Waals surface area contributed by atoms with Crippen molar-refractivity contribution in [1.29, 1.82) is 0 Å². The Labute approximate surface area is 112 Å². The summed E-state index contributed by atoms with van der Waals surface area (Å²) in [6.45, 7) is 6.28. The predicted molar refractivity (Wildman–Crippen MR) is 71.1 cm³/mol. The number of hydrogen-bond acceptors (Lipinski definition) is 5. The second kappa shape index (κ2) is 6.23. The van der Waals surface area contributed by atoms with Crippen LogP contribution < -0.4 is 5.69 Å². The Hall–Kier alpha value is -1.31. The van der Waals surface area contributed by atoms with E-state index in [1.165, 1.54) is 10.8 Å². The zero-order valence-corrected chi connectivity index (χ0v) is 11.2. The third-order valence-corrected chi connectivity index (χ3v) is 3.70. The van der Waals surface area contributed by atoms with Crippen molar-refractivity contribution >= 4 is 0 Å². The number of nitrogens with one attached hydrogen (secondary N) is 1. The highest BCUT2D eigenvalue weighted by Crippen LogP contribution is 2.21. The molecule has 3 N–H and O–H groups in total. The molecule has 1 atom stereocenters. The van der Waals surface area contributed by atoms with E-state index in [2.05, 4.69) is 14.8 Å². The Kier molecular flexibility index (Phi) is 4.62. The van der Waals surface area contributed by atoms with E-state index in [1.807, 2.05) is 6.92 Å². The molecule has 0 spiro atoms. The van der Waals surface area contributed by atoms with Gasteiger partial charge in [-0.25, -0.2) is 9.36 Å². The van der Waals surface area contributed by atoms with E-state index in [0.717, 1.165) is 32.6 Å². The lowest BCUT2D eigenvalue weighted by atomic mass is 10.2. The molecule has 7 nitrogen and oxygen atoms in total. The molecule has 2 heterocycles. The van der Waals surface area contributed by atoms with Crippen LogP contribution in [0.25, 0.3) is 0 Å². The third kappa shape index (κ3) is 2.99. The third-order valence-electron chi connectivity index (χ3n) is 3.70. The van der Waals surface area contributed by atoms with Crippen LogP contribution in [0.2, 0.25) is 0 Å². The Morgan fingerprint density at radius 3 is 2.53 bits per heavy atom. The number of rotatable bonds is 5. The van der Waals surface area contributed by atoms with Crippen molar-refractivity contribution in [1.82, 2.24) is 19.4 Å². The molecular weight excluding hydrogens is 248 g/mol. The lowest BCUT2D eigenvalue weighted by Gasteiger charge is -2.38. The van der Waals surface area contributed by atoms with Crippen molar-refractivity contribution in [2.75, 3.05) is 39.3 Å². The number of aromatic nitrogens is 2. The number of piperazine rings is 1. The highest BCUT2D eigenvalue weighted by molar-refractivity contribution is 5.05. The first kappa shape index (κ1) is 14.1. The summed E-state index contributed by atoms with van der Waals surface area (Å²) in [5.74, 6) is -0.0189. The molecule has 1 saturated heterocycles. The second-order valence-electron chi connectivity index (χ2n) is 4.81. The molecule has 0 aliphatic carbocycles. The molecule has 1 aromatic heterocycles. The molecule has 1 aromatic rings. The fourth-order valence-electron chi connectivity index (χ4n) is 2.69. The number of nitrogens with zero attached hydrogens (tertiary/aromatic N) is 3. The van der Waals surface area contributed by atoms with Gasteiger partial charge in [0.05, 0.1) is 19.0 Å². The van der Waals surface area contributed by atoms with E-state index in [9.17, 15) is 9.90 Å². The summed E-state index contributed by atoms with van der Waals surface area (Å²) in [6.07, 6.45) is 1.97. The summed E-state index contributed by atoms with van der Waals surface area (Å²) in [5.41, 5.74) is -0.276. The largest absolute Gasteiger partial charge is 0.493 e. The summed E-state index contributed by atoms with van der Waals surface area (Å²) < 4.78 is 1.40. The molecular formula is C12H22N4O3. The van der Waals surface area contributed by atoms with Gasteiger partial charge in [0.1, 0.15) is 0 Å². The number of aliphatic hydroxyl groups excluding tert-OH is 1. The molecule has 0 saturated carbocycles. The van der Waals surface area contributed by atoms with Crippen molar-refractivity contribution in [3.63, 3.8) is 0 Å². The molecule has 1 fully saturated rings. The minimum atomic E-state index is -0.276. The lowest BCUT2D eigenvalue weighted by Crippen LogP contribution is -2.50. The zero-order valence-electron chi connectivity index (χ0n) is 11.2. The van der Waals surface area contributed by atoms with E-state index in [-0.39, 0.29) is 24.3 Å². The summed E-state index contributed by atoms with van der Waals surface area (Å²) in [5, 5.41) is 18.7. The smallest absolute Gasteiger partial charge is 0.329 e. The Morgan fingerprint density at radius 2 is 2.05 bits per heavy atom. The number of hydrogen-bond donors (Lipinski definition) is 3. The van der Waals surface area contributed by atoms with Crippen LogP contribution in [0.3, 0.4) is 0 Å². The highest BCUT2D eigenvalue weighted by Gasteiger charge is 2.26. The first-order valence-electron chi connectivity index (χ1n) is 6.73. The maximum absolute atomic E-state index is 11.7. The van der Waals surface area contributed by atoms with Crippen LogP contribution in [0.5, 0.6) is 5.88 Å². The summed E-state index contributed by atoms with van der Waals surface area (Å²) in [6, 6.07) is 0. The molecule has 0 bridgehead atoms. The quantitative estimate of drug-likeness (QED) is 0.665. The van der Waals surface area contributed by atoms with E-state index in [1.54, 1.807) is 0 Å². The molecule has 0 radical (unpaired) electrons. The monoisotopic (exact) mass is 270 g/mol. The van der Waals surface area contributed by atoms with Gasteiger partial charge >= 0.3 is 5.69 Å². The SMILES string of the molecule is CCC(N1CCN(CCO)CC1)n1c(O)c[nH]c1=O. The van der Waals surface area contributed by atoms with Gasteiger partial charge in [-0.2, -0.15) is 0 Å². The average Bonchev–Trinajstić information content (AvgIpc) is 2.74. The second-order valence-corrected chi connectivity index (χ2v) is 4.81. The number of imidazole rings is 1. The Morgan fingerprint density at radius 1 is 1.37 bits per heavy atom. The molecule has 108 valence electrons. The fourth-order valence-corrected chi connectivity index (χ4v) is 2.69. The van der Waals surface area contributed by atoms with Gasteiger partial charge in [0.2, 0.25) is 5.88 Å². The van der Waals surface area contributed by atoms with Crippen molar-refractivity contribution in [3.05, 3.63) is 16.7 Å². The normalized spacial score (nSPS) is 19.7. The Bertz CT molecular complexity index is 448. The zero-order chi connectivity index (χ0) is 13.8. The van der Waals surface area contributed by atoms with Gasteiger partial charge < -0.3 is 15.2 Å². The molecule has 1 aliphatic heterocycles. The molecule has 0 amide bonds. The number of aromatic amines is 1. The topological polar surface area (TPSA) is 84.7 Å². The van der Waals surface area contributed by atoms with Crippen molar-refractivity contribution in [2.24, 2.45) is 0 Å². The van der Waals surface area contributed by atoms with Crippen molar-refractivity contribution < 1.29 is 10.2 Å². The molecule has 2 rings (SSSR count). The van der Waals surface area contributed by atoms with E-state index >= 15 is 0 Å². The van der Waals surface area contributed by atoms with Crippen molar-refractivity contribution in [3.8, 4) is 5.88 Å². The minimum Gasteiger partial charge on any atom is -0.493 e. The van der Waals surface area contributed by atoms with E-state index in [0.29, 0.717) is 6.54 Å². The number of β-amino-alcohol motifs (C(OH)–C–C–N with tert-alkyl or cyclic N) is 1. The first-order valence-corrected chi connectivity index (χ1v) is 6.73. The van der Waals surface area contributed by atoms with Gasteiger partial charge in [0.15, 0.2) is 0 Å². The van der Waals surface area contributed by atoms with Crippen LogP contribution in [0.15, 0.2) is 11.0 Å². The lowest BCUT2D eigenvalue weighted by molar-refractivity contribution is 0.0504. The van der Waals surface area contributed by atoms with Crippen LogP contribution in [0, 0.1) is 0 Å². The number of aromatic hydroxyl groups is 1. The molecule has 1 unspecified atom stereocenters. The summed E-state index contributed by atoms with van der Waals surface area (Å²) >= 11 is 0. The Balaban J connectivity index is 2.06. The number of aliphatic hydroxyl groups is 1. The molecule has 0 aromatic carbocycles. The first-order chi connectivity index (χ1) is 9.17. The van der Waals surface area contributed by atoms with Gasteiger partial charge in [-0.3, -0.25) is 9.80 Å². The van der Waals surface area contributed by atoms with E-state index in [4.69, 9.17) is 5.11 Å². The summed E-state index contributed by atoms with van der Waals surface area (Å²) in [4.78, 5) is 18.6. The molecule has 7 heteroatoms. The van der Waals surface area contributed by atoms with Gasteiger partial charge in [0, 0.05) is 32.7 Å². The summed E-state index contributed by atoms with van der Waals surface area (Å²) in [7, 11) is 0. The molecule has 1 aliphatic rings. The highest BCUT2D eigenvalue weighted by atomic mass is 16.3. The van der Waals surface area contributed by atoms with Crippen LogP contribution >= 0.6 is 0 Å². The van der Waals surface area contributed by atoms with Gasteiger partial charge in [0.25, 0.3) is 0 Å². The van der Waals surface area contributed by atoms with Gasteiger partial charge in [-0.05, 0) is 6.42 Å². The van der Waals surface area contributed by atoms with Gasteiger partial charge in [-0.15, -0.1) is 0 Å².